The zero-order valence-corrected chi connectivity index (χ0v) is 25.7. The predicted molar refractivity (Wildman–Crippen MR) is 166 cm³/mol. The maximum atomic E-state index is 12.9. The van der Waals surface area contributed by atoms with Crippen LogP contribution in [0.15, 0.2) is 29.3 Å². The molecule has 0 bridgehead atoms. The van der Waals surface area contributed by atoms with Crippen LogP contribution in [0, 0.1) is 45.3 Å². The number of hydrogen-bond acceptors (Lipinski definition) is 8. The third-order valence-electron chi connectivity index (χ3n) is 7.70. The Morgan fingerprint density at radius 1 is 1.12 bits per heavy atom. The van der Waals surface area contributed by atoms with Crippen molar-refractivity contribution in [1.82, 2.24) is 4.98 Å². The van der Waals surface area contributed by atoms with Gasteiger partial charge >= 0.3 is 0 Å². The van der Waals surface area contributed by atoms with Crippen molar-refractivity contribution in [2.24, 2.45) is 11.3 Å². The number of thioether (sulfide) groups is 1. The SMILES string of the molecule is CC(C)c1ccc(-c2c(C#N)c(N)nc(SCCC(=O)Nc3sc4c(c3C#N)CCC(C(C)(C)C)C4)c2C#N)cc1. The first-order chi connectivity index (χ1) is 19.5. The molecule has 1 unspecified atom stereocenters. The molecule has 1 aliphatic rings. The van der Waals surface area contributed by atoms with E-state index in [1.807, 2.05) is 24.3 Å². The highest BCUT2D eigenvalue weighted by Gasteiger charge is 2.32. The van der Waals surface area contributed by atoms with Gasteiger partial charge in [0.25, 0.3) is 0 Å². The van der Waals surface area contributed by atoms with Gasteiger partial charge in [-0.2, -0.15) is 15.8 Å². The minimum Gasteiger partial charge on any atom is -0.383 e. The monoisotopic (exact) mass is 582 g/mol. The third-order valence-corrected chi connectivity index (χ3v) is 9.85. The molecule has 1 atom stereocenters. The molecule has 2 heterocycles. The Kier molecular flexibility index (Phi) is 9.08. The lowest BCUT2D eigenvalue weighted by Crippen LogP contribution is -2.26. The van der Waals surface area contributed by atoms with Gasteiger partial charge in [0.2, 0.25) is 5.91 Å². The van der Waals surface area contributed by atoms with Gasteiger partial charge in [-0.05, 0) is 53.2 Å². The number of thiophene rings is 1. The van der Waals surface area contributed by atoms with Gasteiger partial charge in [-0.1, -0.05) is 58.9 Å². The van der Waals surface area contributed by atoms with Gasteiger partial charge in [0.1, 0.15) is 39.6 Å². The van der Waals surface area contributed by atoms with E-state index in [4.69, 9.17) is 5.73 Å². The first kappa shape index (κ1) is 30.1. The van der Waals surface area contributed by atoms with Crippen LogP contribution in [0.2, 0.25) is 0 Å². The van der Waals surface area contributed by atoms with E-state index in [1.165, 1.54) is 28.0 Å². The predicted octanol–water partition coefficient (Wildman–Crippen LogP) is 7.40. The molecule has 0 radical (unpaired) electrons. The highest BCUT2D eigenvalue weighted by atomic mass is 32.2. The number of amides is 1. The minimum absolute atomic E-state index is 0.0535. The van der Waals surface area contributed by atoms with Crippen LogP contribution in [0.1, 0.15) is 86.1 Å². The molecule has 0 saturated heterocycles. The Balaban J connectivity index is 1.50. The van der Waals surface area contributed by atoms with Crippen LogP contribution < -0.4 is 11.1 Å². The average molecular weight is 583 g/mol. The third kappa shape index (κ3) is 6.41. The van der Waals surface area contributed by atoms with Crippen LogP contribution >= 0.6 is 23.1 Å². The second kappa shape index (κ2) is 12.4. The van der Waals surface area contributed by atoms with Crippen molar-refractivity contribution >= 4 is 39.8 Å². The Bertz CT molecular complexity index is 1590. The molecule has 0 saturated carbocycles. The molecule has 1 amide bonds. The molecule has 2 aromatic heterocycles. The Labute approximate surface area is 250 Å². The number of benzene rings is 1. The summed E-state index contributed by atoms with van der Waals surface area (Å²) in [5.41, 5.74) is 10.8. The van der Waals surface area contributed by atoms with E-state index < -0.39 is 0 Å². The number of nitrogens with one attached hydrogen (secondary N) is 1. The van der Waals surface area contributed by atoms with Crippen LogP contribution in [-0.2, 0) is 17.6 Å². The fourth-order valence-corrected chi connectivity index (χ4v) is 7.42. The topological polar surface area (TPSA) is 139 Å². The molecule has 0 spiro atoms. The first-order valence-electron chi connectivity index (χ1n) is 13.7. The molecular weight excluding hydrogens is 549 g/mol. The summed E-state index contributed by atoms with van der Waals surface area (Å²) in [5, 5.41) is 33.7. The highest BCUT2D eigenvalue weighted by molar-refractivity contribution is 7.99. The van der Waals surface area contributed by atoms with Gasteiger partial charge in [-0.15, -0.1) is 23.1 Å². The van der Waals surface area contributed by atoms with Crippen LogP contribution in [0.4, 0.5) is 10.8 Å². The zero-order chi connectivity index (χ0) is 29.9. The maximum Gasteiger partial charge on any atom is 0.225 e. The van der Waals surface area contributed by atoms with Crippen molar-refractivity contribution in [3.05, 3.63) is 57.0 Å². The summed E-state index contributed by atoms with van der Waals surface area (Å²) in [6.07, 6.45) is 2.98. The Hall–Kier alpha value is -3.84. The largest absolute Gasteiger partial charge is 0.383 e. The number of aromatic nitrogens is 1. The number of anilines is 2. The minimum atomic E-state index is -0.204. The second-order valence-corrected chi connectivity index (χ2v) is 13.9. The van der Waals surface area contributed by atoms with E-state index in [-0.39, 0.29) is 34.7 Å². The van der Waals surface area contributed by atoms with Gasteiger partial charge in [0, 0.05) is 22.6 Å². The summed E-state index contributed by atoms with van der Waals surface area (Å²) < 4.78 is 0. The fourth-order valence-electron chi connectivity index (χ4n) is 5.19. The number of carbonyl (C=O) groups excluding carboxylic acids is 1. The second-order valence-electron chi connectivity index (χ2n) is 11.7. The van der Waals surface area contributed by atoms with Gasteiger partial charge < -0.3 is 11.1 Å². The summed E-state index contributed by atoms with van der Waals surface area (Å²) in [6, 6.07) is 14.4. The number of nitrogens with two attached hydrogens (primary N) is 1. The van der Waals surface area contributed by atoms with E-state index in [1.54, 1.807) is 0 Å². The quantitative estimate of drug-likeness (QED) is 0.277. The van der Waals surface area contributed by atoms with Crippen molar-refractivity contribution in [2.45, 2.75) is 71.2 Å². The van der Waals surface area contributed by atoms with E-state index >= 15 is 0 Å². The van der Waals surface area contributed by atoms with E-state index in [0.717, 1.165) is 36.0 Å². The fraction of sp³-hybridized carbons (Fsp3) is 0.406. The average Bonchev–Trinajstić information content (AvgIpc) is 3.28. The normalized spacial score (nSPS) is 14.6. The number of nitriles is 3. The summed E-state index contributed by atoms with van der Waals surface area (Å²) in [5.74, 6) is 1.09. The number of nitrogens with zero attached hydrogens (tertiary/aromatic N) is 4. The van der Waals surface area contributed by atoms with Crippen LogP contribution in [0.25, 0.3) is 11.1 Å². The molecular formula is C32H34N6OS2. The molecule has 1 aliphatic carbocycles. The molecule has 1 aromatic carbocycles. The maximum absolute atomic E-state index is 12.9. The smallest absolute Gasteiger partial charge is 0.225 e. The standard InChI is InChI=1S/C32H34N6OS2/c1-18(2)19-6-8-20(9-7-19)28-24(16-34)29(36)38-30(25(28)17-35)40-13-12-27(39)37-31-23(15-33)22-11-10-21(32(3,4)5)14-26(22)41-31/h6-9,18,21H,10-14H2,1-5H3,(H2,36,38)(H,37,39). The van der Waals surface area contributed by atoms with Crippen LogP contribution in [-0.4, -0.2) is 16.6 Å². The summed E-state index contributed by atoms with van der Waals surface area (Å²) in [7, 11) is 0. The lowest BCUT2D eigenvalue weighted by Gasteiger charge is -2.33. The first-order valence-corrected chi connectivity index (χ1v) is 15.5. The molecule has 0 aliphatic heterocycles. The number of pyridine rings is 1. The van der Waals surface area contributed by atoms with Gasteiger partial charge in [-0.25, -0.2) is 4.98 Å². The molecule has 4 rings (SSSR count). The molecule has 7 nitrogen and oxygen atoms in total. The van der Waals surface area contributed by atoms with E-state index in [0.29, 0.717) is 38.7 Å². The van der Waals surface area contributed by atoms with Gasteiger partial charge in [0.05, 0.1) is 11.1 Å². The van der Waals surface area contributed by atoms with Gasteiger partial charge in [-0.3, -0.25) is 4.79 Å². The molecule has 9 heteroatoms. The number of nitrogen functional groups attached to an aromatic ring is 1. The molecule has 3 aromatic rings. The number of carbonyl (C=O) groups is 1. The Morgan fingerprint density at radius 3 is 2.37 bits per heavy atom. The zero-order valence-electron chi connectivity index (χ0n) is 24.1. The lowest BCUT2D eigenvalue weighted by molar-refractivity contribution is -0.115. The van der Waals surface area contributed by atoms with Crippen LogP contribution in [0.3, 0.4) is 0 Å². The van der Waals surface area contributed by atoms with Crippen molar-refractivity contribution < 1.29 is 4.79 Å². The summed E-state index contributed by atoms with van der Waals surface area (Å²) in [4.78, 5) is 18.5. The Morgan fingerprint density at radius 2 is 1.78 bits per heavy atom. The summed E-state index contributed by atoms with van der Waals surface area (Å²) >= 11 is 2.77. The molecule has 0 fully saturated rings. The molecule has 41 heavy (non-hydrogen) atoms. The van der Waals surface area contributed by atoms with E-state index in [9.17, 15) is 20.6 Å². The van der Waals surface area contributed by atoms with Gasteiger partial charge in [0.15, 0.2) is 0 Å². The van der Waals surface area contributed by atoms with Crippen molar-refractivity contribution in [3.63, 3.8) is 0 Å². The van der Waals surface area contributed by atoms with E-state index in [2.05, 4.69) is 63.1 Å². The molecule has 210 valence electrons. The van der Waals surface area contributed by atoms with Crippen molar-refractivity contribution in [2.75, 3.05) is 16.8 Å². The number of fused-ring (bicyclic) bond motifs is 1. The molecule has 3 N–H and O–H groups in total. The van der Waals surface area contributed by atoms with Crippen LogP contribution in [0.5, 0.6) is 0 Å². The lowest BCUT2D eigenvalue weighted by atomic mass is 9.72. The highest BCUT2D eigenvalue weighted by Crippen LogP contribution is 2.44. The van der Waals surface area contributed by atoms with Crippen molar-refractivity contribution in [1.29, 1.82) is 15.8 Å². The summed E-state index contributed by atoms with van der Waals surface area (Å²) in [6.45, 7) is 11.0. The number of rotatable bonds is 7. The van der Waals surface area contributed by atoms with Crippen molar-refractivity contribution in [3.8, 4) is 29.3 Å². The number of hydrogen-bond donors (Lipinski definition) is 2.